The van der Waals surface area contributed by atoms with Crippen LogP contribution in [0.5, 0.6) is 0 Å². The second-order valence-corrected chi connectivity index (χ2v) is 31.3. The second kappa shape index (κ2) is 27.3. The fourth-order valence-electron chi connectivity index (χ4n) is 18.8. The maximum absolute atomic E-state index is 15.8. The van der Waals surface area contributed by atoms with E-state index in [4.69, 9.17) is 56.8 Å². The minimum absolute atomic E-state index is 0.0108. The number of aliphatic hydroxyl groups excluding tert-OH is 15. The Morgan fingerprint density at radius 3 is 1.73 bits per heavy atom. The second-order valence-electron chi connectivity index (χ2n) is 31.3. The monoisotopic (exact) mass is 1380 g/mol. The quantitative estimate of drug-likeness (QED) is 0.0367. The van der Waals surface area contributed by atoms with Crippen molar-refractivity contribution in [2.45, 2.75) is 272 Å². The highest BCUT2D eigenvalue weighted by atomic mass is 16.8. The lowest BCUT2D eigenvalue weighted by Gasteiger charge is -2.72. The van der Waals surface area contributed by atoms with Crippen molar-refractivity contribution in [1.29, 1.82) is 0 Å². The van der Waals surface area contributed by atoms with Crippen LogP contribution in [-0.2, 0) is 66.4 Å². The van der Waals surface area contributed by atoms with Crippen molar-refractivity contribution < 1.29 is 153 Å². The lowest BCUT2D eigenvalue weighted by molar-refractivity contribution is -0.351. The van der Waals surface area contributed by atoms with Crippen LogP contribution >= 0.6 is 0 Å². The molecule has 0 bridgehead atoms. The molecule has 32 nitrogen and oxygen atoms in total. The third kappa shape index (κ3) is 12.4. The molecule has 96 heavy (non-hydrogen) atoms. The van der Waals surface area contributed by atoms with Gasteiger partial charge in [-0.15, -0.1) is 0 Å². The van der Waals surface area contributed by atoms with Gasteiger partial charge in [0.2, 0.25) is 12.2 Å². The average molecular weight is 1380 g/mol. The summed E-state index contributed by atoms with van der Waals surface area (Å²) >= 11 is 0. The number of amides is 1. The molecule has 0 radical (unpaired) electrons. The Balaban J connectivity index is 0.872. The molecule has 0 aromatic rings. The molecule has 6 heterocycles. The number of esters is 1. The van der Waals surface area contributed by atoms with Crippen LogP contribution in [0, 0.1) is 50.2 Å². The molecule has 5 aliphatic carbocycles. The van der Waals surface area contributed by atoms with Gasteiger partial charge < -0.3 is 149 Å². The number of carbonyl (C=O) groups excluding carboxylic acids is 2. The molecule has 0 aromatic carbocycles. The van der Waals surface area contributed by atoms with E-state index in [0.717, 1.165) is 5.57 Å². The number of ether oxygens (including phenoxy) is 12. The van der Waals surface area contributed by atoms with Gasteiger partial charge in [-0.2, -0.15) is 0 Å². The van der Waals surface area contributed by atoms with Gasteiger partial charge in [-0.3, -0.25) is 9.59 Å². The molecule has 1 amide bonds. The van der Waals surface area contributed by atoms with Crippen molar-refractivity contribution >= 4 is 11.9 Å². The van der Waals surface area contributed by atoms with E-state index in [-0.39, 0.29) is 18.3 Å². The molecular weight excluding hydrogens is 1280 g/mol. The molecule has 11 aliphatic rings. The molecule has 0 spiro atoms. The van der Waals surface area contributed by atoms with E-state index in [1.54, 1.807) is 0 Å². The summed E-state index contributed by atoms with van der Waals surface area (Å²) in [7, 11) is 0. The van der Waals surface area contributed by atoms with E-state index >= 15 is 4.79 Å². The lowest BCUT2D eigenvalue weighted by Crippen LogP contribution is -2.73. The number of hydrogen-bond donors (Lipinski definition) is 18. The van der Waals surface area contributed by atoms with Crippen molar-refractivity contribution in [3.05, 3.63) is 11.6 Å². The van der Waals surface area contributed by atoms with E-state index in [1.807, 2.05) is 20.8 Å². The summed E-state index contributed by atoms with van der Waals surface area (Å²) in [5, 5.41) is 191. The summed E-state index contributed by atoms with van der Waals surface area (Å²) in [6, 6.07) is -1.33. The van der Waals surface area contributed by atoms with Crippen molar-refractivity contribution in [1.82, 2.24) is 5.32 Å². The number of fused-ring (bicyclic) bond motifs is 7. The zero-order valence-electron chi connectivity index (χ0n) is 55.4. The summed E-state index contributed by atoms with van der Waals surface area (Å²) < 4.78 is 72.3. The predicted molar refractivity (Wildman–Crippen MR) is 318 cm³/mol. The molecule has 0 aromatic heterocycles. The zero-order chi connectivity index (χ0) is 70.1. The maximum atomic E-state index is 15.8. The van der Waals surface area contributed by atoms with Gasteiger partial charge in [0, 0.05) is 12.3 Å². The standard InChI is InChI=1S/C64H103NO31/c1-26(69)65-36-44(94-52-41(76)38(73)30(71)20-86-52)39(74)32(21-87-51-40(75)37(72)29(70)19-85-51)91-50(36)92-35-12-13-59(6)33(58(35,4)5)11-14-60(7)34(59)10-9-27-28-17-57(2,3)15-16-64(28,47(79)46(78)61(27,60)8)56(82)96-53-45(95-55-49(81)63(84,23-68)25-89-55)42(77)43(31(18-66)90-53)93-54-48(80)62(83,22-67)24-88-54/h9,28-55,66-68,70-81,83-84H,10-25H2,1-8H3,(H,65,69)/t28-,29-,30+,31+,32+,33-,34+,35-,36+,37-,38-,39+,40+,41+,42-,43+,44+,45+,46-,47+,48-,49-,50-,51-,52-,53-,54-,55-,59-,60+,61-,62+,63+,64+/m0/s1. The molecule has 32 heteroatoms. The smallest absolute Gasteiger partial charge is 0.317 e. The maximum Gasteiger partial charge on any atom is 0.317 e. The predicted octanol–water partition coefficient (Wildman–Crippen LogP) is -5.74. The van der Waals surface area contributed by atoms with E-state index < -0.39 is 268 Å². The molecular formula is C64H103NO31. The molecule has 34 atom stereocenters. The average Bonchev–Trinajstić information content (AvgIpc) is 1.03. The van der Waals surface area contributed by atoms with Gasteiger partial charge in [-0.1, -0.05) is 60.1 Å². The van der Waals surface area contributed by atoms with Crippen LogP contribution in [0.1, 0.15) is 107 Å². The van der Waals surface area contributed by atoms with Crippen LogP contribution in [0.15, 0.2) is 11.6 Å². The molecule has 6 saturated heterocycles. The highest BCUT2D eigenvalue weighted by Gasteiger charge is 2.75. The third-order valence-electron chi connectivity index (χ3n) is 24.8. The van der Waals surface area contributed by atoms with Gasteiger partial charge in [0.1, 0.15) is 108 Å². The highest BCUT2D eigenvalue weighted by Crippen LogP contribution is 2.76. The van der Waals surface area contributed by atoms with Crippen LogP contribution in [-0.4, -0.2) is 316 Å². The molecule has 550 valence electrons. The Hall–Kier alpha value is -2.44. The summed E-state index contributed by atoms with van der Waals surface area (Å²) in [4.78, 5) is 28.9. The summed E-state index contributed by atoms with van der Waals surface area (Å²) in [6.45, 7) is 10.3. The van der Waals surface area contributed by atoms with Crippen LogP contribution in [0.25, 0.3) is 0 Å². The van der Waals surface area contributed by atoms with E-state index in [9.17, 15) is 91.6 Å². The fraction of sp³-hybridized carbons (Fsp3) is 0.938. The molecule has 10 fully saturated rings. The van der Waals surface area contributed by atoms with Crippen LogP contribution in [0.2, 0.25) is 0 Å². The first-order chi connectivity index (χ1) is 44.9. The fourth-order valence-corrected chi connectivity index (χ4v) is 18.8. The van der Waals surface area contributed by atoms with Gasteiger partial charge in [-0.05, 0) is 90.8 Å². The minimum atomic E-state index is -2.24. The van der Waals surface area contributed by atoms with Crippen molar-refractivity contribution in [2.24, 2.45) is 50.2 Å². The van der Waals surface area contributed by atoms with Gasteiger partial charge in [0.25, 0.3) is 0 Å². The highest BCUT2D eigenvalue weighted by molar-refractivity contribution is 5.80. The Morgan fingerprint density at radius 2 is 1.15 bits per heavy atom. The van der Waals surface area contributed by atoms with E-state index in [1.165, 1.54) is 6.92 Å². The van der Waals surface area contributed by atoms with Crippen molar-refractivity contribution in [3.63, 3.8) is 0 Å². The Kier molecular flexibility index (Phi) is 21.3. The van der Waals surface area contributed by atoms with Crippen molar-refractivity contribution in [3.8, 4) is 0 Å². The third-order valence-corrected chi connectivity index (χ3v) is 24.8. The first kappa shape index (κ1) is 74.7. The van der Waals surface area contributed by atoms with Crippen molar-refractivity contribution in [2.75, 3.05) is 52.9 Å². The molecule has 0 unspecified atom stereocenters. The summed E-state index contributed by atoms with van der Waals surface area (Å²) in [5.41, 5.74) is -9.24. The first-order valence-electron chi connectivity index (χ1n) is 33.6. The number of allylic oxidation sites excluding steroid dienone is 1. The minimum Gasteiger partial charge on any atom is -0.432 e. The normalized spacial score (nSPS) is 53.0. The number of carbonyl (C=O) groups is 2. The van der Waals surface area contributed by atoms with E-state index in [0.29, 0.717) is 44.9 Å². The molecule has 11 rings (SSSR count). The lowest BCUT2D eigenvalue weighted by atomic mass is 9.32. The Bertz CT molecular complexity index is 2790. The number of nitrogens with one attached hydrogen (secondary N) is 1. The van der Waals surface area contributed by atoms with Crippen LogP contribution in [0.3, 0.4) is 0 Å². The zero-order valence-corrected chi connectivity index (χ0v) is 55.4. The number of aliphatic hydroxyl groups is 17. The largest absolute Gasteiger partial charge is 0.432 e. The van der Waals surface area contributed by atoms with Gasteiger partial charge in [-0.25, -0.2) is 0 Å². The van der Waals surface area contributed by atoms with Gasteiger partial charge >= 0.3 is 5.97 Å². The van der Waals surface area contributed by atoms with Crippen LogP contribution < -0.4 is 5.32 Å². The summed E-state index contributed by atoms with van der Waals surface area (Å²) in [5.74, 6) is -2.75. The number of rotatable bonds is 17. The van der Waals surface area contributed by atoms with Crippen LogP contribution in [0.4, 0.5) is 0 Å². The van der Waals surface area contributed by atoms with Gasteiger partial charge in [0.15, 0.2) is 37.6 Å². The van der Waals surface area contributed by atoms with Gasteiger partial charge in [0.05, 0.1) is 71.2 Å². The SMILES string of the molecule is CC(=O)N[C@H]1[C@H](O[C@H]2CC[C@]3(C)[C@H]4CC=C5[C@@H]6CC(C)(C)CC[C@]6(C(=O)O[C@@H]6O[C@H](CO)[C@@H](O[C@@H]7OC[C@](O)(CO)[C@H]7O)[C@H](O)[C@H]6O[C@@H]6OC[C@](O)(CO)[C@H]6O)[C@H](O)[C@H](O)[C@@]5(C)[C@]4(C)CC[C@H]3C2(C)C)O[C@H](CO[C@@H]2OC[C@H](O)[C@H](O)[C@H]2O)[C@@H](O)[C@@H]1O[C@@H]1OC[C@@H](O)[C@H](O)[C@H]1O. The summed E-state index contributed by atoms with van der Waals surface area (Å²) in [6.07, 6.45) is -34.5. The Labute approximate surface area is 555 Å². The first-order valence-corrected chi connectivity index (χ1v) is 33.6. The topological polar surface area (TPSA) is 501 Å². The molecule has 18 N–H and O–H groups in total. The van der Waals surface area contributed by atoms with E-state index in [2.05, 4.69) is 39.1 Å². The molecule has 4 saturated carbocycles. The Morgan fingerprint density at radius 1 is 0.573 bits per heavy atom. The number of hydrogen-bond acceptors (Lipinski definition) is 31. The molecule has 6 aliphatic heterocycles.